The Hall–Kier alpha value is -2.56. The van der Waals surface area contributed by atoms with Crippen LogP contribution in [0.1, 0.15) is 11.1 Å². The first-order valence-electron chi connectivity index (χ1n) is 6.40. The maximum absolute atomic E-state index is 12.8. The van der Waals surface area contributed by atoms with Crippen molar-refractivity contribution in [1.29, 1.82) is 0 Å². The molecule has 0 amide bonds. The lowest BCUT2D eigenvalue weighted by molar-refractivity contribution is -0.750. The third kappa shape index (κ3) is 4.21. The quantitative estimate of drug-likeness (QED) is 0.398. The van der Waals surface area contributed by atoms with Crippen LogP contribution in [-0.4, -0.2) is 30.3 Å². The van der Waals surface area contributed by atoms with Crippen molar-refractivity contribution in [2.45, 2.75) is 6.61 Å². The van der Waals surface area contributed by atoms with Gasteiger partial charge in [0, 0.05) is 5.56 Å². The second-order valence-electron chi connectivity index (χ2n) is 4.53. The number of halogens is 1. The Morgan fingerprint density at radius 3 is 2.48 bits per heavy atom. The van der Waals surface area contributed by atoms with Crippen LogP contribution in [0.2, 0.25) is 0 Å². The van der Waals surface area contributed by atoms with Gasteiger partial charge in [0.2, 0.25) is 6.21 Å². The molecule has 0 fully saturated rings. The normalized spacial score (nSPS) is 11.3. The van der Waals surface area contributed by atoms with Crippen LogP contribution < -0.4 is 9.47 Å². The lowest BCUT2D eigenvalue weighted by atomic mass is 10.2. The van der Waals surface area contributed by atoms with E-state index in [1.54, 1.807) is 43.7 Å². The van der Waals surface area contributed by atoms with E-state index >= 15 is 0 Å². The molecule has 0 heterocycles. The van der Waals surface area contributed by atoms with Crippen molar-refractivity contribution < 1.29 is 23.8 Å². The molecule has 0 saturated carbocycles. The van der Waals surface area contributed by atoms with Crippen LogP contribution in [0.4, 0.5) is 4.39 Å². The minimum Gasteiger partial charge on any atom is -0.493 e. The molecule has 1 N–H and O–H groups in total. The fourth-order valence-electron chi connectivity index (χ4n) is 1.84. The van der Waals surface area contributed by atoms with Crippen LogP contribution in [0.5, 0.6) is 11.5 Å². The molecule has 0 bridgehead atoms. The van der Waals surface area contributed by atoms with E-state index in [0.717, 1.165) is 15.9 Å². The zero-order valence-electron chi connectivity index (χ0n) is 11.9. The second-order valence-corrected chi connectivity index (χ2v) is 4.53. The minimum atomic E-state index is -0.274. The van der Waals surface area contributed by atoms with Crippen molar-refractivity contribution in [3.05, 3.63) is 59.4 Å². The van der Waals surface area contributed by atoms with Crippen LogP contribution in [0.15, 0.2) is 42.5 Å². The third-order valence-electron chi connectivity index (χ3n) is 2.83. The standard InChI is InChI=1S/C16H17FNO3/c1-18(19)10-13-5-8-15(16(9-13)20-2)21-11-12-3-6-14(17)7-4-12/h3-10,19H,11H2,1-2H3/q+1. The Bertz CT molecular complexity index is 634. The molecule has 21 heavy (non-hydrogen) atoms. The summed E-state index contributed by atoms with van der Waals surface area (Å²) in [6, 6.07) is 11.4. The first-order chi connectivity index (χ1) is 10.1. The molecule has 0 aliphatic carbocycles. The Morgan fingerprint density at radius 1 is 1.14 bits per heavy atom. The van der Waals surface area contributed by atoms with Crippen LogP contribution in [0.25, 0.3) is 0 Å². The van der Waals surface area contributed by atoms with Gasteiger partial charge in [-0.25, -0.2) is 4.39 Å². The first kappa shape index (κ1) is 14.8. The van der Waals surface area contributed by atoms with E-state index in [9.17, 15) is 9.60 Å². The summed E-state index contributed by atoms with van der Waals surface area (Å²) in [4.78, 5) is 0. The largest absolute Gasteiger partial charge is 0.493 e. The Morgan fingerprint density at radius 2 is 1.86 bits per heavy atom. The fraction of sp³-hybridized carbons (Fsp3) is 0.188. The van der Waals surface area contributed by atoms with E-state index in [1.165, 1.54) is 19.2 Å². The van der Waals surface area contributed by atoms with E-state index in [1.807, 2.05) is 0 Å². The summed E-state index contributed by atoms with van der Waals surface area (Å²) in [7, 11) is 3.07. The van der Waals surface area contributed by atoms with E-state index in [-0.39, 0.29) is 5.82 Å². The van der Waals surface area contributed by atoms with Crippen molar-refractivity contribution in [1.82, 2.24) is 0 Å². The molecule has 0 saturated heterocycles. The molecule has 0 radical (unpaired) electrons. The molecular weight excluding hydrogens is 273 g/mol. The predicted octanol–water partition coefficient (Wildman–Crippen LogP) is 2.86. The number of methoxy groups -OCH3 is 1. The number of benzene rings is 2. The van der Waals surface area contributed by atoms with Gasteiger partial charge in [0.25, 0.3) is 0 Å². The van der Waals surface area contributed by atoms with Gasteiger partial charge in [-0.3, -0.25) is 5.21 Å². The highest BCUT2D eigenvalue weighted by Gasteiger charge is 2.07. The van der Waals surface area contributed by atoms with Gasteiger partial charge < -0.3 is 9.47 Å². The van der Waals surface area contributed by atoms with Crippen LogP contribution in [0, 0.1) is 5.82 Å². The molecule has 0 spiro atoms. The van der Waals surface area contributed by atoms with Gasteiger partial charge in [-0.05, 0) is 40.6 Å². The van der Waals surface area contributed by atoms with Gasteiger partial charge in [-0.2, -0.15) is 0 Å². The number of ether oxygens (including phenoxy) is 2. The Balaban J connectivity index is 2.12. The minimum absolute atomic E-state index is 0.274. The zero-order chi connectivity index (χ0) is 15.2. The SMILES string of the molecule is COc1cc(C=[N+](C)O)ccc1OCc1ccc(F)cc1. The van der Waals surface area contributed by atoms with E-state index < -0.39 is 0 Å². The molecule has 2 aromatic carbocycles. The van der Waals surface area contributed by atoms with Gasteiger partial charge in [-0.1, -0.05) is 12.1 Å². The molecule has 0 aromatic heterocycles. The van der Waals surface area contributed by atoms with Gasteiger partial charge in [-0.15, -0.1) is 0 Å². The monoisotopic (exact) mass is 290 g/mol. The van der Waals surface area contributed by atoms with E-state index in [4.69, 9.17) is 9.47 Å². The van der Waals surface area contributed by atoms with Gasteiger partial charge in [0.05, 0.1) is 7.11 Å². The van der Waals surface area contributed by atoms with Crippen LogP contribution in [-0.2, 0) is 6.61 Å². The summed E-state index contributed by atoms with van der Waals surface area (Å²) in [6.07, 6.45) is 1.55. The summed E-state index contributed by atoms with van der Waals surface area (Å²) in [5.74, 6) is 0.872. The predicted molar refractivity (Wildman–Crippen MR) is 76.9 cm³/mol. The highest BCUT2D eigenvalue weighted by atomic mass is 19.1. The maximum Gasteiger partial charge on any atom is 0.222 e. The van der Waals surface area contributed by atoms with Gasteiger partial charge in [0.1, 0.15) is 12.4 Å². The number of hydroxylamine groups is 1. The zero-order valence-corrected chi connectivity index (χ0v) is 11.9. The second kappa shape index (κ2) is 6.74. The van der Waals surface area contributed by atoms with E-state index in [0.29, 0.717) is 18.1 Å². The van der Waals surface area contributed by atoms with Crippen molar-refractivity contribution in [2.75, 3.05) is 14.2 Å². The topological polar surface area (TPSA) is 41.7 Å². The highest BCUT2D eigenvalue weighted by molar-refractivity contribution is 5.77. The average molecular weight is 290 g/mol. The molecule has 2 rings (SSSR count). The number of nitrogens with zero attached hydrogens (tertiary/aromatic N) is 1. The molecule has 4 nitrogen and oxygen atoms in total. The molecule has 0 atom stereocenters. The first-order valence-corrected chi connectivity index (χ1v) is 6.40. The number of hydrogen-bond donors (Lipinski definition) is 1. The van der Waals surface area contributed by atoms with Crippen molar-refractivity contribution in [2.24, 2.45) is 0 Å². The number of hydrogen-bond acceptors (Lipinski definition) is 3. The third-order valence-corrected chi connectivity index (χ3v) is 2.83. The van der Waals surface area contributed by atoms with Gasteiger partial charge >= 0.3 is 0 Å². The lowest BCUT2D eigenvalue weighted by Gasteiger charge is -2.11. The summed E-state index contributed by atoms with van der Waals surface area (Å²) >= 11 is 0. The molecule has 0 aliphatic heterocycles. The lowest BCUT2D eigenvalue weighted by Crippen LogP contribution is -2.02. The molecular formula is C16H17FNO3+. The molecule has 0 unspecified atom stereocenters. The van der Waals surface area contributed by atoms with Crippen molar-refractivity contribution in [3.8, 4) is 11.5 Å². The summed E-state index contributed by atoms with van der Waals surface area (Å²) in [5.41, 5.74) is 1.65. The van der Waals surface area contributed by atoms with Crippen molar-refractivity contribution >= 4 is 6.21 Å². The number of rotatable bonds is 5. The Labute approximate surface area is 122 Å². The smallest absolute Gasteiger partial charge is 0.222 e. The molecule has 0 aliphatic rings. The maximum atomic E-state index is 12.8. The van der Waals surface area contributed by atoms with Crippen molar-refractivity contribution in [3.63, 3.8) is 0 Å². The van der Waals surface area contributed by atoms with Gasteiger partial charge in [0.15, 0.2) is 18.5 Å². The highest BCUT2D eigenvalue weighted by Crippen LogP contribution is 2.28. The Kier molecular flexibility index (Phi) is 4.77. The van der Waals surface area contributed by atoms with E-state index in [2.05, 4.69) is 0 Å². The fourth-order valence-corrected chi connectivity index (χ4v) is 1.84. The van der Waals surface area contributed by atoms with Crippen LogP contribution >= 0.6 is 0 Å². The summed E-state index contributed by atoms with van der Waals surface area (Å²) in [5, 5.41) is 9.19. The van der Waals surface area contributed by atoms with Crippen LogP contribution in [0.3, 0.4) is 0 Å². The summed E-state index contributed by atoms with van der Waals surface area (Å²) < 4.78 is 24.7. The average Bonchev–Trinajstić information content (AvgIpc) is 2.47. The molecule has 5 heteroatoms. The summed E-state index contributed by atoms with van der Waals surface area (Å²) in [6.45, 7) is 0.319. The molecule has 2 aromatic rings. The molecule has 110 valence electrons.